The van der Waals surface area contributed by atoms with Crippen molar-refractivity contribution >= 4 is 5.91 Å². The molecular formula is C23H26N4O. The molecule has 0 N–H and O–H groups in total. The van der Waals surface area contributed by atoms with Crippen LogP contribution >= 0.6 is 0 Å². The summed E-state index contributed by atoms with van der Waals surface area (Å²) in [5.74, 6) is -0.0791. The molecule has 1 amide bonds. The van der Waals surface area contributed by atoms with Crippen molar-refractivity contribution in [3.05, 3.63) is 83.9 Å². The van der Waals surface area contributed by atoms with Crippen molar-refractivity contribution in [3.63, 3.8) is 0 Å². The Morgan fingerprint density at radius 2 is 1.75 bits per heavy atom. The van der Waals surface area contributed by atoms with E-state index < -0.39 is 0 Å². The number of carbonyl (C=O) groups is 1. The summed E-state index contributed by atoms with van der Waals surface area (Å²) in [5, 5.41) is 0. The summed E-state index contributed by atoms with van der Waals surface area (Å²) < 4.78 is 0. The van der Waals surface area contributed by atoms with E-state index in [1.165, 1.54) is 5.56 Å². The highest BCUT2D eigenvalue weighted by Gasteiger charge is 2.18. The Kier molecular flexibility index (Phi) is 6.50. The van der Waals surface area contributed by atoms with Gasteiger partial charge in [-0.25, -0.2) is 0 Å². The van der Waals surface area contributed by atoms with E-state index in [0.717, 1.165) is 23.4 Å². The lowest BCUT2D eigenvalue weighted by Crippen LogP contribution is -2.30. The van der Waals surface area contributed by atoms with Gasteiger partial charge in [0.25, 0.3) is 5.91 Å². The first-order valence-corrected chi connectivity index (χ1v) is 9.39. The molecule has 0 aliphatic rings. The third-order valence-corrected chi connectivity index (χ3v) is 4.52. The van der Waals surface area contributed by atoms with Crippen LogP contribution in [0.2, 0.25) is 0 Å². The fourth-order valence-corrected chi connectivity index (χ4v) is 3.12. The van der Waals surface area contributed by atoms with Gasteiger partial charge in [0.15, 0.2) is 0 Å². The number of likely N-dealkylation sites (N-methyl/N-ethyl adjacent to an activating group) is 1. The minimum absolute atomic E-state index is 0.0791. The number of aromatic nitrogens is 2. The average molecular weight is 374 g/mol. The van der Waals surface area contributed by atoms with E-state index >= 15 is 0 Å². The average Bonchev–Trinajstić information content (AvgIpc) is 2.72. The van der Waals surface area contributed by atoms with E-state index in [0.29, 0.717) is 18.7 Å². The second-order valence-corrected chi connectivity index (χ2v) is 7.14. The first-order chi connectivity index (χ1) is 13.5. The monoisotopic (exact) mass is 374 g/mol. The van der Waals surface area contributed by atoms with Crippen LogP contribution in [-0.4, -0.2) is 53.4 Å². The lowest BCUT2D eigenvalue weighted by atomic mass is 10.0. The molecule has 0 aliphatic carbocycles. The number of nitrogens with zero attached hydrogens (tertiary/aromatic N) is 4. The fourth-order valence-electron chi connectivity index (χ4n) is 3.12. The molecule has 0 fully saturated rings. The molecule has 3 rings (SSSR count). The summed E-state index contributed by atoms with van der Waals surface area (Å²) in [6.45, 7) is 1.44. The highest BCUT2D eigenvalue weighted by atomic mass is 16.2. The molecule has 0 aliphatic heterocycles. The maximum atomic E-state index is 13.1. The standard InChI is InChI=1S/C23H26N4O/c1-26(2)17-18-8-6-9-19(16-18)21-11-7-14-25-22(21)23(28)27(3)15-12-20-10-4-5-13-24-20/h4-11,13-14,16H,12,15,17H2,1-3H3. The van der Waals surface area contributed by atoms with Crippen LogP contribution in [0, 0.1) is 0 Å². The molecule has 5 heteroatoms. The smallest absolute Gasteiger partial charge is 0.272 e. The van der Waals surface area contributed by atoms with Gasteiger partial charge in [0, 0.05) is 50.2 Å². The maximum absolute atomic E-state index is 13.1. The third kappa shape index (κ3) is 5.02. The molecule has 0 atom stereocenters. The van der Waals surface area contributed by atoms with E-state index in [1.54, 1.807) is 17.3 Å². The highest BCUT2D eigenvalue weighted by Crippen LogP contribution is 2.24. The number of amides is 1. The molecule has 0 radical (unpaired) electrons. The van der Waals surface area contributed by atoms with Crippen LogP contribution in [0.15, 0.2) is 67.0 Å². The summed E-state index contributed by atoms with van der Waals surface area (Å²) in [5.41, 5.74) is 4.52. The van der Waals surface area contributed by atoms with Gasteiger partial charge in [0.05, 0.1) is 0 Å². The Bertz CT molecular complexity index is 925. The molecule has 0 unspecified atom stereocenters. The van der Waals surface area contributed by atoms with Crippen LogP contribution < -0.4 is 0 Å². The van der Waals surface area contributed by atoms with Crippen molar-refractivity contribution in [2.24, 2.45) is 0 Å². The summed E-state index contributed by atoms with van der Waals surface area (Å²) in [6, 6.07) is 17.9. The number of benzene rings is 1. The SMILES string of the molecule is CN(C)Cc1cccc(-c2cccnc2C(=O)N(C)CCc2ccccn2)c1. The van der Waals surface area contributed by atoms with Crippen molar-refractivity contribution in [2.45, 2.75) is 13.0 Å². The lowest BCUT2D eigenvalue weighted by molar-refractivity contribution is 0.0791. The second-order valence-electron chi connectivity index (χ2n) is 7.14. The predicted octanol–water partition coefficient (Wildman–Crippen LogP) is 3.52. The van der Waals surface area contributed by atoms with Crippen LogP contribution in [0.5, 0.6) is 0 Å². The van der Waals surface area contributed by atoms with Gasteiger partial charge in [-0.05, 0) is 49.5 Å². The van der Waals surface area contributed by atoms with Crippen LogP contribution in [0.25, 0.3) is 11.1 Å². The lowest BCUT2D eigenvalue weighted by Gasteiger charge is -2.18. The Morgan fingerprint density at radius 3 is 2.50 bits per heavy atom. The van der Waals surface area contributed by atoms with Crippen LogP contribution in [-0.2, 0) is 13.0 Å². The quantitative estimate of drug-likeness (QED) is 0.635. The van der Waals surface area contributed by atoms with E-state index in [-0.39, 0.29) is 5.91 Å². The molecule has 1 aromatic carbocycles. The maximum Gasteiger partial charge on any atom is 0.272 e. The van der Waals surface area contributed by atoms with Gasteiger partial charge < -0.3 is 9.80 Å². The van der Waals surface area contributed by atoms with Crippen molar-refractivity contribution in [2.75, 3.05) is 27.7 Å². The first-order valence-electron chi connectivity index (χ1n) is 9.39. The summed E-state index contributed by atoms with van der Waals surface area (Å²) in [7, 11) is 5.90. The summed E-state index contributed by atoms with van der Waals surface area (Å²) in [4.78, 5) is 25.6. The Morgan fingerprint density at radius 1 is 0.929 bits per heavy atom. The molecule has 28 heavy (non-hydrogen) atoms. The Labute approximate surface area is 166 Å². The minimum Gasteiger partial charge on any atom is -0.340 e. The molecule has 0 spiro atoms. The van der Waals surface area contributed by atoms with Crippen molar-refractivity contribution in [1.29, 1.82) is 0 Å². The number of hydrogen-bond donors (Lipinski definition) is 0. The van der Waals surface area contributed by atoms with Crippen molar-refractivity contribution in [1.82, 2.24) is 19.8 Å². The highest BCUT2D eigenvalue weighted by molar-refractivity contribution is 5.98. The van der Waals surface area contributed by atoms with Crippen molar-refractivity contribution in [3.8, 4) is 11.1 Å². The molecule has 2 heterocycles. The van der Waals surface area contributed by atoms with E-state index in [9.17, 15) is 4.79 Å². The molecule has 3 aromatic rings. The molecule has 5 nitrogen and oxygen atoms in total. The number of carbonyl (C=O) groups excluding carboxylic acids is 1. The van der Waals surface area contributed by atoms with E-state index in [1.807, 2.05) is 63.6 Å². The molecule has 2 aromatic heterocycles. The topological polar surface area (TPSA) is 49.3 Å². The minimum atomic E-state index is -0.0791. The third-order valence-electron chi connectivity index (χ3n) is 4.52. The molecule has 0 saturated carbocycles. The fraction of sp³-hybridized carbons (Fsp3) is 0.261. The largest absolute Gasteiger partial charge is 0.340 e. The van der Waals surface area contributed by atoms with Gasteiger partial charge in [0.2, 0.25) is 0 Å². The first kappa shape index (κ1) is 19.7. The zero-order chi connectivity index (χ0) is 19.9. The second kappa shape index (κ2) is 9.24. The molecular weight excluding hydrogens is 348 g/mol. The Hall–Kier alpha value is -3.05. The number of rotatable bonds is 7. The summed E-state index contributed by atoms with van der Waals surface area (Å²) >= 11 is 0. The van der Waals surface area contributed by atoms with E-state index in [2.05, 4.69) is 27.0 Å². The van der Waals surface area contributed by atoms with Gasteiger partial charge >= 0.3 is 0 Å². The van der Waals surface area contributed by atoms with E-state index in [4.69, 9.17) is 0 Å². The van der Waals surface area contributed by atoms with Crippen LogP contribution in [0.3, 0.4) is 0 Å². The molecule has 144 valence electrons. The van der Waals surface area contributed by atoms with Crippen molar-refractivity contribution < 1.29 is 4.79 Å². The van der Waals surface area contributed by atoms with Gasteiger partial charge in [-0.1, -0.05) is 30.3 Å². The zero-order valence-corrected chi connectivity index (χ0v) is 16.7. The van der Waals surface area contributed by atoms with Gasteiger partial charge in [-0.15, -0.1) is 0 Å². The summed E-state index contributed by atoms with van der Waals surface area (Å²) in [6.07, 6.45) is 4.16. The number of pyridine rings is 2. The van der Waals surface area contributed by atoms with Crippen LogP contribution in [0.1, 0.15) is 21.7 Å². The van der Waals surface area contributed by atoms with Gasteiger partial charge in [0.1, 0.15) is 5.69 Å². The van der Waals surface area contributed by atoms with Gasteiger partial charge in [-0.2, -0.15) is 0 Å². The molecule has 0 bridgehead atoms. The van der Waals surface area contributed by atoms with Crippen LogP contribution in [0.4, 0.5) is 0 Å². The zero-order valence-electron chi connectivity index (χ0n) is 16.7. The Balaban J connectivity index is 1.80. The van der Waals surface area contributed by atoms with Gasteiger partial charge in [-0.3, -0.25) is 14.8 Å². The predicted molar refractivity (Wildman–Crippen MR) is 112 cm³/mol. The number of hydrogen-bond acceptors (Lipinski definition) is 4. The molecule has 0 saturated heterocycles. The normalized spacial score (nSPS) is 10.9.